The van der Waals surface area contributed by atoms with Gasteiger partial charge in [0.05, 0.1) is 17.3 Å². The summed E-state index contributed by atoms with van der Waals surface area (Å²) in [5, 5.41) is 0.561. The lowest BCUT2D eigenvalue weighted by Gasteiger charge is -2.00. The Morgan fingerprint density at radius 1 is 1.54 bits per heavy atom. The van der Waals surface area contributed by atoms with Gasteiger partial charge in [-0.25, -0.2) is 4.98 Å². The molecule has 0 saturated carbocycles. The fraction of sp³-hybridized carbons (Fsp3) is 0.125. The SMILES string of the molecule is COc1cc(Br)cc2nc(N)sc12. The van der Waals surface area contributed by atoms with Gasteiger partial charge in [0.2, 0.25) is 0 Å². The van der Waals surface area contributed by atoms with Gasteiger partial charge in [0.1, 0.15) is 5.75 Å². The van der Waals surface area contributed by atoms with E-state index in [1.54, 1.807) is 7.11 Å². The minimum Gasteiger partial charge on any atom is -0.495 e. The maximum absolute atomic E-state index is 5.60. The van der Waals surface area contributed by atoms with Crippen LogP contribution < -0.4 is 10.5 Å². The highest BCUT2D eigenvalue weighted by molar-refractivity contribution is 9.10. The molecule has 0 aliphatic heterocycles. The number of nitrogen functional groups attached to an aromatic ring is 1. The lowest BCUT2D eigenvalue weighted by atomic mass is 10.3. The summed E-state index contributed by atoms with van der Waals surface area (Å²) in [6.07, 6.45) is 0. The standard InChI is InChI=1S/C8H7BrN2OS/c1-12-6-3-4(9)2-5-7(6)13-8(10)11-5/h2-3H,1H3,(H2,10,11). The number of anilines is 1. The molecule has 2 aromatic rings. The van der Waals surface area contributed by atoms with Crippen molar-refractivity contribution in [3.8, 4) is 5.75 Å². The highest BCUT2D eigenvalue weighted by Crippen LogP contribution is 2.34. The topological polar surface area (TPSA) is 48.1 Å². The smallest absolute Gasteiger partial charge is 0.181 e. The number of thiazole rings is 1. The first-order chi connectivity index (χ1) is 6.20. The maximum atomic E-state index is 5.60. The molecule has 0 fully saturated rings. The molecule has 0 amide bonds. The normalized spacial score (nSPS) is 10.6. The van der Waals surface area contributed by atoms with Crippen LogP contribution in [0.5, 0.6) is 5.75 Å². The molecule has 0 saturated heterocycles. The summed E-state index contributed by atoms with van der Waals surface area (Å²) in [6, 6.07) is 3.82. The predicted octanol–water partition coefficient (Wildman–Crippen LogP) is 2.65. The first-order valence-corrected chi connectivity index (χ1v) is 5.21. The Balaban J connectivity index is 2.80. The van der Waals surface area contributed by atoms with Crippen molar-refractivity contribution in [2.24, 2.45) is 0 Å². The number of hydrogen-bond donors (Lipinski definition) is 1. The Morgan fingerprint density at radius 3 is 3.00 bits per heavy atom. The molecule has 1 aromatic carbocycles. The van der Waals surface area contributed by atoms with E-state index in [1.165, 1.54) is 11.3 Å². The summed E-state index contributed by atoms with van der Waals surface area (Å²) in [7, 11) is 1.64. The minimum atomic E-state index is 0.561. The summed E-state index contributed by atoms with van der Waals surface area (Å²) in [5.41, 5.74) is 6.47. The molecule has 68 valence electrons. The molecular weight excluding hydrogens is 252 g/mol. The number of benzene rings is 1. The number of hydrogen-bond acceptors (Lipinski definition) is 4. The predicted molar refractivity (Wildman–Crippen MR) is 58.3 cm³/mol. The molecule has 0 aliphatic rings. The third-order valence-corrected chi connectivity index (χ3v) is 3.03. The third kappa shape index (κ3) is 1.49. The Bertz CT molecular complexity index is 455. The molecule has 2 rings (SSSR count). The van der Waals surface area contributed by atoms with Crippen molar-refractivity contribution >= 4 is 42.6 Å². The van der Waals surface area contributed by atoms with Gasteiger partial charge < -0.3 is 10.5 Å². The largest absolute Gasteiger partial charge is 0.495 e. The molecule has 0 unspecified atom stereocenters. The van der Waals surface area contributed by atoms with Crippen LogP contribution in [0, 0.1) is 0 Å². The number of fused-ring (bicyclic) bond motifs is 1. The van der Waals surface area contributed by atoms with Crippen LogP contribution in [0.3, 0.4) is 0 Å². The summed E-state index contributed by atoms with van der Waals surface area (Å²) in [4.78, 5) is 4.17. The second-order valence-electron chi connectivity index (χ2n) is 2.51. The summed E-state index contributed by atoms with van der Waals surface area (Å²) >= 11 is 4.81. The number of nitrogens with zero attached hydrogens (tertiary/aromatic N) is 1. The number of rotatable bonds is 1. The van der Waals surface area contributed by atoms with Crippen LogP contribution in [0.2, 0.25) is 0 Å². The van der Waals surface area contributed by atoms with Crippen LogP contribution in [0.15, 0.2) is 16.6 Å². The highest BCUT2D eigenvalue weighted by Gasteiger charge is 2.07. The van der Waals surface area contributed by atoms with Gasteiger partial charge in [0.25, 0.3) is 0 Å². The highest BCUT2D eigenvalue weighted by atomic mass is 79.9. The van der Waals surface area contributed by atoms with Gasteiger partial charge >= 0.3 is 0 Å². The van der Waals surface area contributed by atoms with Gasteiger partial charge in [-0.05, 0) is 12.1 Å². The van der Waals surface area contributed by atoms with E-state index in [0.717, 1.165) is 20.4 Å². The van der Waals surface area contributed by atoms with Crippen LogP contribution in [-0.2, 0) is 0 Å². The van der Waals surface area contributed by atoms with Crippen molar-refractivity contribution in [1.29, 1.82) is 0 Å². The molecule has 2 N–H and O–H groups in total. The zero-order valence-corrected chi connectivity index (χ0v) is 9.28. The van der Waals surface area contributed by atoms with E-state index >= 15 is 0 Å². The number of nitrogens with two attached hydrogens (primary N) is 1. The van der Waals surface area contributed by atoms with Gasteiger partial charge in [-0.3, -0.25) is 0 Å². The molecule has 3 nitrogen and oxygen atoms in total. The molecule has 5 heteroatoms. The summed E-state index contributed by atoms with van der Waals surface area (Å²) < 4.78 is 7.14. The number of aromatic nitrogens is 1. The van der Waals surface area contributed by atoms with Crippen LogP contribution in [0.25, 0.3) is 10.2 Å². The summed E-state index contributed by atoms with van der Waals surface area (Å²) in [6.45, 7) is 0. The Kier molecular flexibility index (Phi) is 2.13. The van der Waals surface area contributed by atoms with Crippen molar-refractivity contribution in [1.82, 2.24) is 4.98 Å². The first kappa shape index (κ1) is 8.77. The van der Waals surface area contributed by atoms with E-state index in [4.69, 9.17) is 10.5 Å². The van der Waals surface area contributed by atoms with Gasteiger partial charge in [-0.2, -0.15) is 0 Å². The monoisotopic (exact) mass is 258 g/mol. The molecule has 13 heavy (non-hydrogen) atoms. The quantitative estimate of drug-likeness (QED) is 0.856. The van der Waals surface area contributed by atoms with Crippen molar-refractivity contribution < 1.29 is 4.74 Å². The van der Waals surface area contributed by atoms with Crippen molar-refractivity contribution in [3.63, 3.8) is 0 Å². The average molecular weight is 259 g/mol. The van der Waals surface area contributed by atoms with E-state index in [-0.39, 0.29) is 0 Å². The van der Waals surface area contributed by atoms with Crippen molar-refractivity contribution in [2.75, 3.05) is 12.8 Å². The second kappa shape index (κ2) is 3.16. The molecule has 0 spiro atoms. The fourth-order valence-electron chi connectivity index (χ4n) is 1.14. The minimum absolute atomic E-state index is 0.561. The molecular formula is C8H7BrN2OS. The van der Waals surface area contributed by atoms with Gasteiger partial charge in [-0.1, -0.05) is 27.3 Å². The number of methoxy groups -OCH3 is 1. The van der Waals surface area contributed by atoms with Gasteiger partial charge in [0, 0.05) is 4.47 Å². The molecule has 1 aromatic heterocycles. The lowest BCUT2D eigenvalue weighted by Crippen LogP contribution is -1.82. The van der Waals surface area contributed by atoms with Crippen molar-refractivity contribution in [2.45, 2.75) is 0 Å². The van der Waals surface area contributed by atoms with Crippen LogP contribution in [-0.4, -0.2) is 12.1 Å². The fourth-order valence-corrected chi connectivity index (χ4v) is 2.37. The number of halogens is 1. The lowest BCUT2D eigenvalue weighted by molar-refractivity contribution is 0.420. The van der Waals surface area contributed by atoms with Crippen molar-refractivity contribution in [3.05, 3.63) is 16.6 Å². The summed E-state index contributed by atoms with van der Waals surface area (Å²) in [5.74, 6) is 0.804. The molecule has 1 heterocycles. The Morgan fingerprint density at radius 2 is 2.31 bits per heavy atom. The van der Waals surface area contributed by atoms with Crippen LogP contribution in [0.4, 0.5) is 5.13 Å². The number of ether oxygens (including phenoxy) is 1. The Hall–Kier alpha value is -0.810. The van der Waals surface area contributed by atoms with E-state index < -0.39 is 0 Å². The molecule has 0 aliphatic carbocycles. The Labute approximate surface area is 87.7 Å². The van der Waals surface area contributed by atoms with Gasteiger partial charge in [0.15, 0.2) is 5.13 Å². The zero-order valence-electron chi connectivity index (χ0n) is 6.87. The molecule has 0 atom stereocenters. The average Bonchev–Trinajstić information content (AvgIpc) is 2.43. The second-order valence-corrected chi connectivity index (χ2v) is 4.45. The van der Waals surface area contributed by atoms with Gasteiger partial charge in [-0.15, -0.1) is 0 Å². The van der Waals surface area contributed by atoms with Crippen LogP contribution >= 0.6 is 27.3 Å². The van der Waals surface area contributed by atoms with E-state index in [9.17, 15) is 0 Å². The molecule has 0 bridgehead atoms. The third-order valence-electron chi connectivity index (χ3n) is 1.66. The first-order valence-electron chi connectivity index (χ1n) is 3.60. The van der Waals surface area contributed by atoms with Crippen LogP contribution in [0.1, 0.15) is 0 Å². The van der Waals surface area contributed by atoms with E-state index in [2.05, 4.69) is 20.9 Å². The zero-order chi connectivity index (χ0) is 9.42. The van der Waals surface area contributed by atoms with E-state index in [0.29, 0.717) is 5.13 Å². The van der Waals surface area contributed by atoms with E-state index in [1.807, 2.05) is 12.1 Å². The molecule has 0 radical (unpaired) electrons. The maximum Gasteiger partial charge on any atom is 0.181 e.